The first-order valence-electron chi connectivity index (χ1n) is 4.48. The van der Waals surface area contributed by atoms with Gasteiger partial charge in [-0.15, -0.1) is 10.2 Å². The van der Waals surface area contributed by atoms with Crippen LogP contribution in [0.2, 0.25) is 0 Å². The van der Waals surface area contributed by atoms with Crippen molar-refractivity contribution in [2.75, 3.05) is 18.9 Å². The molecule has 1 aromatic heterocycles. The highest BCUT2D eigenvalue weighted by molar-refractivity contribution is 7.13. The molecule has 5 heteroatoms. The number of rotatable bonds is 2. The van der Waals surface area contributed by atoms with Crippen LogP contribution in [0.15, 0.2) is 5.51 Å². The summed E-state index contributed by atoms with van der Waals surface area (Å²) in [4.78, 5) is 2.36. The van der Waals surface area contributed by atoms with Gasteiger partial charge in [0.2, 0.25) is 5.13 Å². The first-order chi connectivity index (χ1) is 6.25. The molecule has 0 spiro atoms. The Bertz CT molecular complexity index is 251. The molecule has 2 unspecified atom stereocenters. The molecule has 2 heterocycles. The van der Waals surface area contributed by atoms with Crippen molar-refractivity contribution in [1.29, 1.82) is 0 Å². The van der Waals surface area contributed by atoms with E-state index in [2.05, 4.69) is 34.4 Å². The summed E-state index contributed by atoms with van der Waals surface area (Å²) < 4.78 is 0. The van der Waals surface area contributed by atoms with E-state index < -0.39 is 0 Å². The van der Waals surface area contributed by atoms with Crippen LogP contribution in [0.25, 0.3) is 0 Å². The van der Waals surface area contributed by atoms with Crippen molar-refractivity contribution in [2.45, 2.75) is 25.4 Å². The molecule has 0 saturated carbocycles. The third kappa shape index (κ3) is 1.97. The van der Waals surface area contributed by atoms with Crippen LogP contribution in [-0.2, 0) is 0 Å². The molecule has 13 heavy (non-hydrogen) atoms. The maximum Gasteiger partial charge on any atom is 0.205 e. The van der Waals surface area contributed by atoms with E-state index in [0.717, 1.165) is 11.7 Å². The fourth-order valence-electron chi connectivity index (χ4n) is 1.71. The first kappa shape index (κ1) is 8.90. The molecule has 0 aromatic carbocycles. The minimum absolute atomic E-state index is 0.535. The van der Waals surface area contributed by atoms with E-state index in [1.807, 2.05) is 0 Å². The van der Waals surface area contributed by atoms with Crippen LogP contribution in [0.3, 0.4) is 0 Å². The van der Waals surface area contributed by atoms with Gasteiger partial charge in [0.15, 0.2) is 0 Å². The zero-order valence-corrected chi connectivity index (χ0v) is 8.71. The molecule has 0 amide bonds. The number of anilines is 1. The van der Waals surface area contributed by atoms with Crippen molar-refractivity contribution in [2.24, 2.45) is 0 Å². The molecule has 1 N–H and O–H groups in total. The number of likely N-dealkylation sites (N-methyl/N-ethyl adjacent to an activating group) is 1. The van der Waals surface area contributed by atoms with E-state index in [1.165, 1.54) is 6.42 Å². The topological polar surface area (TPSA) is 41.1 Å². The summed E-state index contributed by atoms with van der Waals surface area (Å²) in [7, 11) is 2.16. The van der Waals surface area contributed by atoms with Gasteiger partial charge in [0.05, 0.1) is 0 Å². The summed E-state index contributed by atoms with van der Waals surface area (Å²) in [5.74, 6) is 0. The van der Waals surface area contributed by atoms with E-state index in [4.69, 9.17) is 0 Å². The molecule has 1 aliphatic heterocycles. The number of aromatic nitrogens is 2. The van der Waals surface area contributed by atoms with Crippen LogP contribution in [0, 0.1) is 0 Å². The predicted octanol–water partition coefficient (Wildman–Crippen LogP) is 1.04. The van der Waals surface area contributed by atoms with Gasteiger partial charge in [0, 0.05) is 18.6 Å². The van der Waals surface area contributed by atoms with E-state index in [0.29, 0.717) is 12.1 Å². The van der Waals surface area contributed by atoms with Gasteiger partial charge in [0.25, 0.3) is 0 Å². The highest BCUT2D eigenvalue weighted by Crippen LogP contribution is 2.19. The monoisotopic (exact) mass is 198 g/mol. The zero-order valence-electron chi connectivity index (χ0n) is 7.90. The molecule has 2 atom stereocenters. The smallest absolute Gasteiger partial charge is 0.205 e. The van der Waals surface area contributed by atoms with Crippen LogP contribution in [0.4, 0.5) is 5.13 Å². The number of hydrogen-bond acceptors (Lipinski definition) is 5. The largest absolute Gasteiger partial charge is 0.356 e. The normalized spacial score (nSPS) is 29.4. The van der Waals surface area contributed by atoms with Gasteiger partial charge < -0.3 is 10.2 Å². The lowest BCUT2D eigenvalue weighted by atomic mass is 10.2. The highest BCUT2D eigenvalue weighted by Gasteiger charge is 2.26. The summed E-state index contributed by atoms with van der Waals surface area (Å²) in [6, 6.07) is 1.21. The van der Waals surface area contributed by atoms with E-state index in [-0.39, 0.29) is 0 Å². The number of nitrogens with zero attached hydrogens (tertiary/aromatic N) is 3. The first-order valence-corrected chi connectivity index (χ1v) is 5.36. The van der Waals surface area contributed by atoms with Gasteiger partial charge in [-0.05, 0) is 20.4 Å². The van der Waals surface area contributed by atoms with Crippen LogP contribution in [0.1, 0.15) is 13.3 Å². The third-order valence-corrected chi connectivity index (χ3v) is 3.20. The van der Waals surface area contributed by atoms with Crippen molar-refractivity contribution < 1.29 is 0 Å². The second kappa shape index (κ2) is 3.59. The Kier molecular flexibility index (Phi) is 2.46. The Balaban J connectivity index is 1.91. The minimum Gasteiger partial charge on any atom is -0.356 e. The van der Waals surface area contributed by atoms with Crippen LogP contribution >= 0.6 is 11.3 Å². The number of hydrogen-bond donors (Lipinski definition) is 1. The molecular weight excluding hydrogens is 184 g/mol. The van der Waals surface area contributed by atoms with E-state index in [9.17, 15) is 0 Å². The maximum atomic E-state index is 3.97. The summed E-state index contributed by atoms with van der Waals surface area (Å²) in [5.41, 5.74) is 1.75. The lowest BCUT2D eigenvalue weighted by molar-refractivity contribution is 0.330. The molecule has 1 saturated heterocycles. The summed E-state index contributed by atoms with van der Waals surface area (Å²) in [5, 5.41) is 12.1. The average molecular weight is 198 g/mol. The van der Waals surface area contributed by atoms with Gasteiger partial charge in [0.1, 0.15) is 5.51 Å². The minimum atomic E-state index is 0.535. The second-order valence-electron chi connectivity index (χ2n) is 3.61. The molecule has 0 aliphatic carbocycles. The highest BCUT2D eigenvalue weighted by atomic mass is 32.1. The molecular formula is C8H14N4S. The van der Waals surface area contributed by atoms with Crippen molar-refractivity contribution in [3.05, 3.63) is 5.51 Å². The molecule has 1 aromatic rings. The zero-order chi connectivity index (χ0) is 9.26. The van der Waals surface area contributed by atoms with Crippen LogP contribution < -0.4 is 5.32 Å². The Morgan fingerprint density at radius 2 is 2.54 bits per heavy atom. The quantitative estimate of drug-likeness (QED) is 0.771. The van der Waals surface area contributed by atoms with Gasteiger partial charge in [-0.25, -0.2) is 0 Å². The second-order valence-corrected chi connectivity index (χ2v) is 4.44. The fourth-order valence-corrected chi connectivity index (χ4v) is 2.23. The van der Waals surface area contributed by atoms with E-state index >= 15 is 0 Å². The van der Waals surface area contributed by atoms with Gasteiger partial charge in [-0.3, -0.25) is 0 Å². The lowest BCUT2D eigenvalue weighted by Gasteiger charge is -2.12. The number of likely N-dealkylation sites (tertiary alicyclic amines) is 1. The average Bonchev–Trinajstić information content (AvgIpc) is 2.64. The summed E-state index contributed by atoms with van der Waals surface area (Å²) in [6.07, 6.45) is 1.19. The van der Waals surface area contributed by atoms with E-state index in [1.54, 1.807) is 16.8 Å². The van der Waals surface area contributed by atoms with Crippen molar-refractivity contribution in [3.8, 4) is 0 Å². The Hall–Kier alpha value is -0.680. The van der Waals surface area contributed by atoms with Crippen LogP contribution in [-0.4, -0.2) is 40.8 Å². The van der Waals surface area contributed by atoms with Crippen molar-refractivity contribution in [3.63, 3.8) is 0 Å². The van der Waals surface area contributed by atoms with Gasteiger partial charge in [-0.2, -0.15) is 0 Å². The molecule has 4 nitrogen and oxygen atoms in total. The van der Waals surface area contributed by atoms with Gasteiger partial charge >= 0.3 is 0 Å². The molecule has 1 aliphatic rings. The SMILES string of the molecule is CC1CC(Nc2nncs2)CN1C. The van der Waals surface area contributed by atoms with Crippen molar-refractivity contribution in [1.82, 2.24) is 15.1 Å². The Morgan fingerprint density at radius 1 is 1.69 bits per heavy atom. The Morgan fingerprint density at radius 3 is 3.08 bits per heavy atom. The van der Waals surface area contributed by atoms with Crippen LogP contribution in [0.5, 0.6) is 0 Å². The predicted molar refractivity (Wildman–Crippen MR) is 54.0 cm³/mol. The molecule has 72 valence electrons. The Labute approximate surface area is 82.0 Å². The third-order valence-electron chi connectivity index (χ3n) is 2.57. The molecule has 0 radical (unpaired) electrons. The van der Waals surface area contributed by atoms with Gasteiger partial charge in [-0.1, -0.05) is 11.3 Å². The summed E-state index contributed by atoms with van der Waals surface area (Å²) in [6.45, 7) is 3.35. The fraction of sp³-hybridized carbons (Fsp3) is 0.750. The molecule has 0 bridgehead atoms. The standard InChI is InChI=1S/C8H14N4S/c1-6-3-7(4-12(6)2)10-8-11-9-5-13-8/h5-7H,3-4H2,1-2H3,(H,10,11). The molecule has 1 fully saturated rings. The summed E-state index contributed by atoms with van der Waals surface area (Å²) >= 11 is 1.56. The number of nitrogens with one attached hydrogen (secondary N) is 1. The maximum absolute atomic E-state index is 3.97. The van der Waals surface area contributed by atoms with Crippen molar-refractivity contribution >= 4 is 16.5 Å². The molecule has 2 rings (SSSR count). The lowest BCUT2D eigenvalue weighted by Crippen LogP contribution is -2.24.